The maximum absolute atomic E-state index is 11.9. The average molecular weight is 277 g/mol. The molecule has 98 valence electrons. The van der Waals surface area contributed by atoms with Crippen molar-refractivity contribution in [2.24, 2.45) is 0 Å². The Morgan fingerprint density at radius 2 is 2.16 bits per heavy atom. The lowest BCUT2D eigenvalue weighted by atomic mass is 10.0. The lowest BCUT2D eigenvalue weighted by molar-refractivity contribution is -0.156. The van der Waals surface area contributed by atoms with Gasteiger partial charge in [-0.1, -0.05) is 12.1 Å². The van der Waals surface area contributed by atoms with Crippen LogP contribution in [-0.2, 0) is 14.3 Å². The molecule has 2 aliphatic heterocycles. The summed E-state index contributed by atoms with van der Waals surface area (Å²) in [6, 6.07) is 7.45. The molecule has 3 heterocycles. The molecule has 0 aliphatic carbocycles. The summed E-state index contributed by atoms with van der Waals surface area (Å²) in [6.45, 7) is 0.419. The summed E-state index contributed by atoms with van der Waals surface area (Å²) in [6.07, 6.45) is -0.461. The molecule has 0 N–H and O–H groups in total. The predicted molar refractivity (Wildman–Crippen MR) is 68.3 cm³/mol. The number of fused-ring (bicyclic) bond motifs is 3. The Hall–Kier alpha value is -1.50. The Morgan fingerprint density at radius 1 is 1.32 bits per heavy atom. The van der Waals surface area contributed by atoms with Crippen LogP contribution >= 0.6 is 12.2 Å². The van der Waals surface area contributed by atoms with Gasteiger partial charge in [0.1, 0.15) is 6.10 Å². The Labute approximate surface area is 113 Å². The number of rotatable bonds is 1. The molecule has 19 heavy (non-hydrogen) atoms. The smallest absolute Gasteiger partial charge is 0.269 e. The molecule has 4 rings (SSSR count). The highest BCUT2D eigenvalue weighted by atomic mass is 32.1. The van der Waals surface area contributed by atoms with E-state index in [9.17, 15) is 4.79 Å². The van der Waals surface area contributed by atoms with Crippen LogP contribution in [0.15, 0.2) is 28.7 Å². The van der Waals surface area contributed by atoms with Crippen LogP contribution in [0.1, 0.15) is 12.5 Å². The zero-order chi connectivity index (χ0) is 13.0. The van der Waals surface area contributed by atoms with Gasteiger partial charge >= 0.3 is 0 Å². The number of nitrogens with zero attached hydrogens (tertiary/aromatic N) is 1. The molecule has 1 aromatic heterocycles. The van der Waals surface area contributed by atoms with Crippen LogP contribution < -0.4 is 0 Å². The van der Waals surface area contributed by atoms with Gasteiger partial charge in [-0.25, -0.2) is 0 Å². The van der Waals surface area contributed by atoms with E-state index in [0.29, 0.717) is 17.9 Å². The van der Waals surface area contributed by atoms with Crippen molar-refractivity contribution in [1.82, 2.24) is 4.57 Å². The molecular formula is C13H11NO4S. The molecule has 0 spiro atoms. The van der Waals surface area contributed by atoms with Crippen molar-refractivity contribution in [3.8, 4) is 0 Å². The summed E-state index contributed by atoms with van der Waals surface area (Å²) in [4.78, 5) is 12.2. The first-order valence-electron chi connectivity index (χ1n) is 6.14. The monoisotopic (exact) mass is 277 g/mol. The van der Waals surface area contributed by atoms with Crippen LogP contribution in [0.5, 0.6) is 0 Å². The fourth-order valence-electron chi connectivity index (χ4n) is 2.78. The zero-order valence-corrected chi connectivity index (χ0v) is 10.8. The Balaban J connectivity index is 1.88. The molecule has 0 unspecified atom stereocenters. The minimum absolute atomic E-state index is 0.0362. The summed E-state index contributed by atoms with van der Waals surface area (Å²) in [5.41, 5.74) is 1.61. The average Bonchev–Trinajstić information content (AvgIpc) is 2.96. The second kappa shape index (κ2) is 4.00. The Morgan fingerprint density at radius 3 is 3.05 bits per heavy atom. The maximum atomic E-state index is 11.9. The fourth-order valence-corrected chi connectivity index (χ4v) is 3.10. The van der Waals surface area contributed by atoms with Gasteiger partial charge in [0.25, 0.3) is 4.84 Å². The highest BCUT2D eigenvalue weighted by Gasteiger charge is 2.44. The first-order valence-corrected chi connectivity index (χ1v) is 6.55. The second-order valence-corrected chi connectivity index (χ2v) is 5.13. The number of hydrogen-bond acceptors (Lipinski definition) is 5. The molecule has 2 fully saturated rings. The topological polar surface area (TPSA) is 53.6 Å². The van der Waals surface area contributed by atoms with Crippen LogP contribution in [0.3, 0.4) is 0 Å². The highest BCUT2D eigenvalue weighted by molar-refractivity contribution is 7.71. The number of hydrogen-bond donors (Lipinski definition) is 0. The number of ether oxygens (including phenoxy) is 2. The second-order valence-electron chi connectivity index (χ2n) is 4.78. The summed E-state index contributed by atoms with van der Waals surface area (Å²) in [7, 11) is 0. The van der Waals surface area contributed by atoms with Gasteiger partial charge in [0, 0.05) is 6.42 Å². The van der Waals surface area contributed by atoms with Crippen molar-refractivity contribution in [2.45, 2.75) is 24.9 Å². The largest absolute Gasteiger partial charge is 0.429 e. The van der Waals surface area contributed by atoms with Gasteiger partial charge in [-0.2, -0.15) is 0 Å². The molecule has 0 amide bonds. The van der Waals surface area contributed by atoms with Gasteiger partial charge in [-0.15, -0.1) is 0 Å². The Bertz CT molecular complexity index is 719. The standard InChI is InChI=1S/C13H11NO4S/c15-9-5-8(11-6-16-12(9)17-11)14-7-3-1-2-4-10(7)18-13(14)19/h1-4,8,11-12H,5-6H2/t8-,11-,12-/m0/s1. The summed E-state index contributed by atoms with van der Waals surface area (Å²) >= 11 is 5.28. The van der Waals surface area contributed by atoms with Gasteiger partial charge in [0.15, 0.2) is 11.4 Å². The van der Waals surface area contributed by atoms with Gasteiger partial charge in [-0.05, 0) is 24.4 Å². The predicted octanol–water partition coefficient (Wildman–Crippen LogP) is 2.22. The molecule has 6 heteroatoms. The van der Waals surface area contributed by atoms with Gasteiger partial charge in [-0.3, -0.25) is 9.36 Å². The van der Waals surface area contributed by atoms with Crippen LogP contribution in [0, 0.1) is 4.84 Å². The summed E-state index contributed by atoms with van der Waals surface area (Å²) in [5, 5.41) is 0. The molecule has 2 aliphatic rings. The number of para-hydroxylation sites is 2. The third-order valence-corrected chi connectivity index (χ3v) is 3.94. The van der Waals surface area contributed by atoms with E-state index in [4.69, 9.17) is 26.1 Å². The first-order chi connectivity index (χ1) is 9.24. The number of oxazole rings is 1. The number of carbonyl (C=O) groups excluding carboxylic acids is 1. The van der Waals surface area contributed by atoms with Crippen molar-refractivity contribution < 1.29 is 18.7 Å². The third kappa shape index (κ3) is 1.60. The molecule has 2 aromatic rings. The molecular weight excluding hydrogens is 266 g/mol. The van der Waals surface area contributed by atoms with E-state index in [1.807, 2.05) is 28.8 Å². The summed E-state index contributed by atoms with van der Waals surface area (Å²) in [5.74, 6) is -0.0362. The van der Waals surface area contributed by atoms with Crippen molar-refractivity contribution in [2.75, 3.05) is 6.61 Å². The van der Waals surface area contributed by atoms with Crippen LogP contribution in [0.4, 0.5) is 0 Å². The van der Waals surface area contributed by atoms with Gasteiger partial charge in [0.05, 0.1) is 18.2 Å². The lowest BCUT2D eigenvalue weighted by Crippen LogP contribution is -2.36. The molecule has 5 nitrogen and oxygen atoms in total. The third-order valence-electron chi connectivity index (χ3n) is 3.66. The quantitative estimate of drug-likeness (QED) is 0.748. The van der Waals surface area contributed by atoms with Crippen molar-refractivity contribution in [3.05, 3.63) is 29.1 Å². The van der Waals surface area contributed by atoms with E-state index in [0.717, 1.165) is 11.1 Å². The number of aromatic nitrogens is 1. The van der Waals surface area contributed by atoms with Crippen molar-refractivity contribution in [1.29, 1.82) is 0 Å². The molecule has 0 radical (unpaired) electrons. The minimum Gasteiger partial charge on any atom is -0.429 e. The molecule has 0 saturated carbocycles. The maximum Gasteiger partial charge on any atom is 0.269 e. The highest BCUT2D eigenvalue weighted by Crippen LogP contribution is 2.35. The minimum atomic E-state index is -0.686. The van der Waals surface area contributed by atoms with Crippen molar-refractivity contribution >= 4 is 29.1 Å². The lowest BCUT2D eigenvalue weighted by Gasteiger charge is -2.27. The molecule has 2 bridgehead atoms. The van der Waals surface area contributed by atoms with E-state index in [1.165, 1.54) is 0 Å². The normalized spacial score (nSPS) is 30.1. The van der Waals surface area contributed by atoms with E-state index in [1.54, 1.807) is 0 Å². The van der Waals surface area contributed by atoms with Gasteiger partial charge in [0.2, 0.25) is 6.29 Å². The first kappa shape index (κ1) is 11.3. The summed E-state index contributed by atoms with van der Waals surface area (Å²) < 4.78 is 18.3. The van der Waals surface area contributed by atoms with E-state index in [-0.39, 0.29) is 17.9 Å². The molecule has 1 aromatic carbocycles. The number of ketones is 1. The SMILES string of the molecule is O=C1C[C@H](n2c(=S)oc3ccccc32)[C@@H]2CO[C@H]1O2. The van der Waals surface area contributed by atoms with Crippen LogP contribution in [-0.4, -0.2) is 29.4 Å². The van der Waals surface area contributed by atoms with E-state index >= 15 is 0 Å². The number of benzene rings is 1. The number of carbonyl (C=O) groups is 1. The number of Topliss-reactive ketones (excluding diaryl/α,β-unsaturated/α-hetero) is 1. The van der Waals surface area contributed by atoms with Crippen molar-refractivity contribution in [3.63, 3.8) is 0 Å². The van der Waals surface area contributed by atoms with Gasteiger partial charge < -0.3 is 13.9 Å². The fraction of sp³-hybridized carbons (Fsp3) is 0.385. The van der Waals surface area contributed by atoms with E-state index in [2.05, 4.69) is 0 Å². The molecule has 2 saturated heterocycles. The van der Waals surface area contributed by atoms with Crippen LogP contribution in [0.2, 0.25) is 0 Å². The van der Waals surface area contributed by atoms with E-state index < -0.39 is 6.29 Å². The molecule has 3 atom stereocenters. The Kier molecular flexibility index (Phi) is 2.38. The zero-order valence-electron chi connectivity index (χ0n) is 9.94. The van der Waals surface area contributed by atoms with Crippen LogP contribution in [0.25, 0.3) is 11.1 Å².